The Hall–Kier alpha value is -1.22. The van der Waals surface area contributed by atoms with Crippen molar-refractivity contribution < 1.29 is 4.79 Å². The lowest BCUT2D eigenvalue weighted by Crippen LogP contribution is -2.45. The Labute approximate surface area is 131 Å². The molecule has 3 rings (SSSR count). The number of hydrogen-bond acceptors (Lipinski definition) is 1. The van der Waals surface area contributed by atoms with E-state index in [0.29, 0.717) is 6.04 Å². The fourth-order valence-corrected chi connectivity index (χ4v) is 3.84. The molecule has 0 aromatic heterocycles. The summed E-state index contributed by atoms with van der Waals surface area (Å²) in [5, 5.41) is 3.99. The summed E-state index contributed by atoms with van der Waals surface area (Å²) in [7, 11) is 0. The molecule has 1 atom stereocenters. The molecule has 1 aromatic carbocycles. The van der Waals surface area contributed by atoms with Crippen LogP contribution in [0.4, 0.5) is 4.79 Å². The van der Waals surface area contributed by atoms with Crippen LogP contribution in [0.3, 0.4) is 0 Å². The van der Waals surface area contributed by atoms with Crippen molar-refractivity contribution in [1.82, 2.24) is 10.2 Å². The molecule has 2 aliphatic rings. The van der Waals surface area contributed by atoms with Gasteiger partial charge >= 0.3 is 6.03 Å². The monoisotopic (exact) mass is 306 g/mol. The zero-order valence-electron chi connectivity index (χ0n) is 12.4. The Morgan fingerprint density at radius 2 is 1.86 bits per heavy atom. The zero-order chi connectivity index (χ0) is 14.7. The summed E-state index contributed by atoms with van der Waals surface area (Å²) in [6.07, 6.45) is 8.07. The summed E-state index contributed by atoms with van der Waals surface area (Å²) in [4.78, 5) is 14.5. The Bertz CT molecular complexity index is 499. The second-order valence-electron chi connectivity index (χ2n) is 6.16. The summed E-state index contributed by atoms with van der Waals surface area (Å²) in [6, 6.07) is 8.46. The molecule has 1 aromatic rings. The molecule has 0 radical (unpaired) electrons. The standard InChI is InChI=1S/C17H23ClN2O/c18-15-10-5-4-9-14(15)16-11-6-12-20(16)17(21)19-13-7-2-1-3-8-13/h4-5,9-10,13,16H,1-3,6-8,11-12H2,(H,19,21). The van der Waals surface area contributed by atoms with Crippen molar-refractivity contribution in [2.75, 3.05) is 6.54 Å². The van der Waals surface area contributed by atoms with Crippen molar-refractivity contribution in [2.45, 2.75) is 57.0 Å². The van der Waals surface area contributed by atoms with Gasteiger partial charge in [0.15, 0.2) is 0 Å². The summed E-state index contributed by atoms with van der Waals surface area (Å²) >= 11 is 6.31. The van der Waals surface area contributed by atoms with Crippen LogP contribution in [-0.2, 0) is 0 Å². The maximum absolute atomic E-state index is 12.6. The van der Waals surface area contributed by atoms with E-state index in [4.69, 9.17) is 11.6 Å². The van der Waals surface area contributed by atoms with Gasteiger partial charge in [-0.2, -0.15) is 0 Å². The highest BCUT2D eigenvalue weighted by atomic mass is 35.5. The second kappa shape index (κ2) is 6.69. The topological polar surface area (TPSA) is 32.3 Å². The molecule has 4 heteroatoms. The molecule has 3 nitrogen and oxygen atoms in total. The van der Waals surface area contributed by atoms with E-state index in [0.717, 1.165) is 42.8 Å². The van der Waals surface area contributed by atoms with Crippen molar-refractivity contribution in [2.24, 2.45) is 0 Å². The average molecular weight is 307 g/mol. The van der Waals surface area contributed by atoms with Gasteiger partial charge in [0.2, 0.25) is 0 Å². The van der Waals surface area contributed by atoms with Crippen LogP contribution in [-0.4, -0.2) is 23.5 Å². The lowest BCUT2D eigenvalue weighted by molar-refractivity contribution is 0.185. The lowest BCUT2D eigenvalue weighted by Gasteiger charge is -2.30. The Balaban J connectivity index is 1.68. The van der Waals surface area contributed by atoms with E-state index in [1.54, 1.807) is 0 Å². The minimum atomic E-state index is 0.0873. The second-order valence-corrected chi connectivity index (χ2v) is 6.56. The molecule has 1 aliphatic carbocycles. The summed E-state index contributed by atoms with van der Waals surface area (Å²) in [5.41, 5.74) is 1.08. The Morgan fingerprint density at radius 1 is 1.10 bits per heavy atom. The van der Waals surface area contributed by atoms with Gasteiger partial charge in [-0.1, -0.05) is 49.1 Å². The van der Waals surface area contributed by atoms with E-state index in [2.05, 4.69) is 5.32 Å². The molecule has 1 unspecified atom stereocenters. The van der Waals surface area contributed by atoms with E-state index < -0.39 is 0 Å². The number of nitrogens with zero attached hydrogens (tertiary/aromatic N) is 1. The lowest BCUT2D eigenvalue weighted by atomic mass is 9.96. The SMILES string of the molecule is O=C(NC1CCCCC1)N1CCCC1c1ccccc1Cl. The smallest absolute Gasteiger partial charge is 0.318 e. The number of hydrogen-bond donors (Lipinski definition) is 1. The number of halogens is 1. The van der Waals surface area contributed by atoms with Crippen molar-refractivity contribution in [3.05, 3.63) is 34.9 Å². The Morgan fingerprint density at radius 3 is 2.62 bits per heavy atom. The van der Waals surface area contributed by atoms with Crippen LogP contribution in [0, 0.1) is 0 Å². The van der Waals surface area contributed by atoms with Crippen LogP contribution in [0.2, 0.25) is 5.02 Å². The zero-order valence-corrected chi connectivity index (χ0v) is 13.1. The first kappa shape index (κ1) is 14.7. The van der Waals surface area contributed by atoms with Crippen LogP contribution < -0.4 is 5.32 Å². The highest BCUT2D eigenvalue weighted by Crippen LogP contribution is 2.35. The molecule has 2 amide bonds. The number of carbonyl (C=O) groups is 1. The first-order chi connectivity index (χ1) is 10.3. The predicted octanol–water partition coefficient (Wildman–Crippen LogP) is 4.52. The summed E-state index contributed by atoms with van der Waals surface area (Å²) in [6.45, 7) is 0.828. The van der Waals surface area contributed by atoms with Gasteiger partial charge in [-0.25, -0.2) is 4.79 Å². The number of benzene rings is 1. The molecule has 1 heterocycles. The molecule has 0 bridgehead atoms. The third-order valence-electron chi connectivity index (χ3n) is 4.71. The molecular weight excluding hydrogens is 284 g/mol. The highest BCUT2D eigenvalue weighted by molar-refractivity contribution is 6.31. The van der Waals surface area contributed by atoms with Crippen LogP contribution >= 0.6 is 11.6 Å². The van der Waals surface area contributed by atoms with Crippen molar-refractivity contribution in [3.63, 3.8) is 0 Å². The number of urea groups is 1. The number of carbonyl (C=O) groups excluding carboxylic acids is 1. The highest BCUT2D eigenvalue weighted by Gasteiger charge is 2.32. The van der Waals surface area contributed by atoms with Crippen LogP contribution in [0.15, 0.2) is 24.3 Å². The van der Waals surface area contributed by atoms with Gasteiger partial charge in [-0.3, -0.25) is 0 Å². The van der Waals surface area contributed by atoms with Gasteiger partial charge in [0.05, 0.1) is 6.04 Å². The van der Waals surface area contributed by atoms with Gasteiger partial charge in [0.25, 0.3) is 0 Å². The quantitative estimate of drug-likeness (QED) is 0.856. The predicted molar refractivity (Wildman–Crippen MR) is 85.5 cm³/mol. The van der Waals surface area contributed by atoms with E-state index in [9.17, 15) is 4.79 Å². The molecular formula is C17H23ClN2O. The molecule has 114 valence electrons. The molecule has 2 fully saturated rings. The Kier molecular flexibility index (Phi) is 4.69. The fourth-order valence-electron chi connectivity index (χ4n) is 3.58. The van der Waals surface area contributed by atoms with E-state index in [1.807, 2.05) is 29.2 Å². The van der Waals surface area contributed by atoms with Gasteiger partial charge in [0, 0.05) is 17.6 Å². The van der Waals surface area contributed by atoms with Gasteiger partial charge in [0.1, 0.15) is 0 Å². The van der Waals surface area contributed by atoms with Gasteiger partial charge < -0.3 is 10.2 Å². The number of rotatable bonds is 2. The maximum atomic E-state index is 12.6. The molecule has 1 N–H and O–H groups in total. The van der Waals surface area contributed by atoms with Crippen LogP contribution in [0.25, 0.3) is 0 Å². The minimum Gasteiger partial charge on any atom is -0.335 e. The minimum absolute atomic E-state index is 0.0873. The fraction of sp³-hybridized carbons (Fsp3) is 0.588. The number of likely N-dealkylation sites (tertiary alicyclic amines) is 1. The number of amides is 2. The van der Waals surface area contributed by atoms with E-state index in [1.165, 1.54) is 19.3 Å². The van der Waals surface area contributed by atoms with Gasteiger partial charge in [-0.05, 0) is 37.3 Å². The summed E-state index contributed by atoms with van der Waals surface area (Å²) in [5.74, 6) is 0. The van der Waals surface area contributed by atoms with Crippen molar-refractivity contribution in [1.29, 1.82) is 0 Å². The van der Waals surface area contributed by atoms with Crippen LogP contribution in [0.1, 0.15) is 56.6 Å². The van der Waals surface area contributed by atoms with E-state index in [-0.39, 0.29) is 12.1 Å². The normalized spacial score (nSPS) is 23.3. The van der Waals surface area contributed by atoms with Crippen molar-refractivity contribution in [3.8, 4) is 0 Å². The average Bonchev–Trinajstić information content (AvgIpc) is 2.98. The molecule has 0 spiro atoms. The third kappa shape index (κ3) is 3.34. The largest absolute Gasteiger partial charge is 0.335 e. The number of nitrogens with one attached hydrogen (secondary N) is 1. The van der Waals surface area contributed by atoms with Crippen LogP contribution in [0.5, 0.6) is 0 Å². The molecule has 1 aliphatic heterocycles. The summed E-state index contributed by atoms with van der Waals surface area (Å²) < 4.78 is 0. The maximum Gasteiger partial charge on any atom is 0.318 e. The molecule has 1 saturated carbocycles. The van der Waals surface area contributed by atoms with E-state index >= 15 is 0 Å². The first-order valence-corrected chi connectivity index (χ1v) is 8.45. The van der Waals surface area contributed by atoms with Gasteiger partial charge in [-0.15, -0.1) is 0 Å². The molecule has 21 heavy (non-hydrogen) atoms. The molecule has 1 saturated heterocycles. The van der Waals surface area contributed by atoms with Crippen molar-refractivity contribution >= 4 is 17.6 Å². The third-order valence-corrected chi connectivity index (χ3v) is 5.05. The first-order valence-electron chi connectivity index (χ1n) is 8.07.